The van der Waals surface area contributed by atoms with Crippen LogP contribution in [0.2, 0.25) is 0 Å². The van der Waals surface area contributed by atoms with Crippen LogP contribution in [0.15, 0.2) is 0 Å². The Hall–Kier alpha value is -1.20. The Morgan fingerprint density at radius 1 is 1.35 bits per heavy atom. The van der Waals surface area contributed by atoms with Crippen molar-refractivity contribution in [3.05, 3.63) is 0 Å². The summed E-state index contributed by atoms with van der Waals surface area (Å²) in [4.78, 5) is 22.0. The second kappa shape index (κ2) is 5.93. The van der Waals surface area contributed by atoms with Gasteiger partial charge in [-0.3, -0.25) is 9.59 Å². The summed E-state index contributed by atoms with van der Waals surface area (Å²) in [6.07, 6.45) is 1.58. The van der Waals surface area contributed by atoms with Crippen molar-refractivity contribution in [3.63, 3.8) is 0 Å². The number of nitrogens with zero attached hydrogens (tertiary/aromatic N) is 1. The summed E-state index contributed by atoms with van der Waals surface area (Å²) in [5.74, 6) is -2.29. The SMILES string of the molecule is COC=O.O=C(C1CC1)N1CCC(F)(F)CC1. The zero-order valence-corrected chi connectivity index (χ0v) is 9.83. The van der Waals surface area contributed by atoms with E-state index in [0.717, 1.165) is 12.8 Å². The third-order valence-electron chi connectivity index (χ3n) is 2.83. The number of amides is 1. The number of halogens is 2. The second-order valence-corrected chi connectivity index (χ2v) is 4.29. The first-order valence-corrected chi connectivity index (χ1v) is 5.63. The summed E-state index contributed by atoms with van der Waals surface area (Å²) in [7, 11) is 1.31. The maximum absolute atomic E-state index is 12.7. The van der Waals surface area contributed by atoms with E-state index >= 15 is 0 Å². The van der Waals surface area contributed by atoms with Gasteiger partial charge in [0.2, 0.25) is 5.91 Å². The quantitative estimate of drug-likeness (QED) is 0.696. The smallest absolute Gasteiger partial charge is 0.292 e. The largest absolute Gasteiger partial charge is 0.471 e. The van der Waals surface area contributed by atoms with Crippen molar-refractivity contribution < 1.29 is 23.1 Å². The summed E-state index contributed by atoms with van der Waals surface area (Å²) in [6, 6.07) is 0. The van der Waals surface area contributed by atoms with Gasteiger partial charge >= 0.3 is 0 Å². The number of piperidine rings is 1. The van der Waals surface area contributed by atoms with Crippen LogP contribution in [0.1, 0.15) is 25.7 Å². The summed E-state index contributed by atoms with van der Waals surface area (Å²) in [5.41, 5.74) is 0. The highest BCUT2D eigenvalue weighted by molar-refractivity contribution is 5.81. The molecule has 1 heterocycles. The Kier molecular flexibility index (Phi) is 4.84. The number of likely N-dealkylation sites (tertiary alicyclic amines) is 1. The number of hydrogen-bond donors (Lipinski definition) is 0. The molecule has 0 unspecified atom stereocenters. The van der Waals surface area contributed by atoms with Crippen LogP contribution >= 0.6 is 0 Å². The molecule has 1 saturated carbocycles. The van der Waals surface area contributed by atoms with Gasteiger partial charge in [-0.2, -0.15) is 0 Å². The van der Waals surface area contributed by atoms with E-state index in [0.29, 0.717) is 6.47 Å². The van der Waals surface area contributed by atoms with Crippen molar-refractivity contribution in [2.24, 2.45) is 5.92 Å². The van der Waals surface area contributed by atoms with Gasteiger partial charge in [0.15, 0.2) is 0 Å². The van der Waals surface area contributed by atoms with E-state index in [2.05, 4.69) is 4.74 Å². The van der Waals surface area contributed by atoms with Crippen molar-refractivity contribution in [2.75, 3.05) is 20.2 Å². The number of hydrogen-bond acceptors (Lipinski definition) is 3. The Bertz CT molecular complexity index is 270. The van der Waals surface area contributed by atoms with E-state index in [4.69, 9.17) is 4.79 Å². The molecule has 0 aromatic rings. The molecule has 0 spiro atoms. The molecule has 0 aromatic carbocycles. The highest BCUT2D eigenvalue weighted by atomic mass is 19.3. The maximum Gasteiger partial charge on any atom is 0.292 e. The van der Waals surface area contributed by atoms with Crippen LogP contribution in [-0.2, 0) is 14.3 Å². The maximum atomic E-state index is 12.7. The van der Waals surface area contributed by atoms with Crippen LogP contribution in [0.25, 0.3) is 0 Å². The summed E-state index contributed by atoms with van der Waals surface area (Å²) >= 11 is 0. The van der Waals surface area contributed by atoms with E-state index in [1.165, 1.54) is 7.11 Å². The number of methoxy groups -OCH3 is 1. The molecular formula is C11H17F2NO3. The van der Waals surface area contributed by atoms with E-state index in [9.17, 15) is 13.6 Å². The second-order valence-electron chi connectivity index (χ2n) is 4.29. The fraction of sp³-hybridized carbons (Fsp3) is 0.818. The van der Waals surface area contributed by atoms with E-state index in [1.807, 2.05) is 0 Å². The Morgan fingerprint density at radius 2 is 1.82 bits per heavy atom. The van der Waals surface area contributed by atoms with Crippen LogP contribution < -0.4 is 0 Å². The van der Waals surface area contributed by atoms with Crippen molar-refractivity contribution in [1.82, 2.24) is 4.90 Å². The van der Waals surface area contributed by atoms with Crippen molar-refractivity contribution in [1.29, 1.82) is 0 Å². The third-order valence-corrected chi connectivity index (χ3v) is 2.83. The van der Waals surface area contributed by atoms with Crippen LogP contribution in [0, 0.1) is 5.92 Å². The molecule has 0 radical (unpaired) electrons. The minimum Gasteiger partial charge on any atom is -0.471 e. The molecule has 1 amide bonds. The summed E-state index contributed by atoms with van der Waals surface area (Å²) in [5, 5.41) is 0. The lowest BCUT2D eigenvalue weighted by atomic mass is 10.1. The molecule has 0 aromatic heterocycles. The van der Waals surface area contributed by atoms with Gasteiger partial charge in [0.1, 0.15) is 0 Å². The molecule has 2 aliphatic rings. The Labute approximate surface area is 98.9 Å². The number of alkyl halides is 2. The van der Waals surface area contributed by atoms with E-state index < -0.39 is 5.92 Å². The van der Waals surface area contributed by atoms with Crippen molar-refractivity contribution in [3.8, 4) is 0 Å². The minimum atomic E-state index is -2.54. The van der Waals surface area contributed by atoms with Crippen LogP contribution in [0.4, 0.5) is 8.78 Å². The molecule has 2 rings (SSSR count). The molecule has 0 N–H and O–H groups in total. The van der Waals surface area contributed by atoms with Crippen LogP contribution in [0.3, 0.4) is 0 Å². The fourth-order valence-electron chi connectivity index (χ4n) is 1.64. The summed E-state index contributed by atoms with van der Waals surface area (Å²) < 4.78 is 29.3. The first kappa shape index (κ1) is 13.9. The van der Waals surface area contributed by atoms with Gasteiger partial charge < -0.3 is 9.64 Å². The minimum absolute atomic E-state index is 0.0931. The van der Waals surface area contributed by atoms with E-state index in [-0.39, 0.29) is 37.8 Å². The van der Waals surface area contributed by atoms with E-state index in [1.54, 1.807) is 4.90 Å². The highest BCUT2D eigenvalue weighted by Crippen LogP contribution is 2.34. The topological polar surface area (TPSA) is 46.6 Å². The van der Waals surface area contributed by atoms with Crippen molar-refractivity contribution >= 4 is 12.4 Å². The van der Waals surface area contributed by atoms with Gasteiger partial charge in [0.05, 0.1) is 7.11 Å². The highest BCUT2D eigenvalue weighted by Gasteiger charge is 2.39. The molecule has 0 atom stereocenters. The number of rotatable bonds is 2. The molecule has 2 fully saturated rings. The molecule has 0 bridgehead atoms. The lowest BCUT2D eigenvalue weighted by molar-refractivity contribution is -0.138. The monoisotopic (exact) mass is 249 g/mol. The first-order valence-electron chi connectivity index (χ1n) is 5.63. The van der Waals surface area contributed by atoms with Gasteiger partial charge in [-0.15, -0.1) is 0 Å². The fourth-order valence-corrected chi connectivity index (χ4v) is 1.64. The molecule has 98 valence electrons. The van der Waals surface area contributed by atoms with Gasteiger partial charge in [-0.1, -0.05) is 0 Å². The predicted molar refractivity (Wildman–Crippen MR) is 56.6 cm³/mol. The van der Waals surface area contributed by atoms with Crippen LogP contribution in [-0.4, -0.2) is 43.4 Å². The molecule has 6 heteroatoms. The average Bonchev–Trinajstić information content (AvgIpc) is 3.12. The molecule has 1 saturated heterocycles. The predicted octanol–water partition coefficient (Wildman–Crippen LogP) is 1.44. The average molecular weight is 249 g/mol. The third kappa shape index (κ3) is 4.66. The number of carbonyl (C=O) groups is 2. The van der Waals surface area contributed by atoms with Crippen molar-refractivity contribution in [2.45, 2.75) is 31.6 Å². The van der Waals surface area contributed by atoms with Gasteiger partial charge in [-0.25, -0.2) is 8.78 Å². The van der Waals surface area contributed by atoms with Gasteiger partial charge in [0.25, 0.3) is 12.4 Å². The van der Waals surface area contributed by atoms with Crippen LogP contribution in [0.5, 0.6) is 0 Å². The molecule has 1 aliphatic carbocycles. The Morgan fingerprint density at radius 3 is 2.18 bits per heavy atom. The molecule has 17 heavy (non-hydrogen) atoms. The molecule has 4 nitrogen and oxygen atoms in total. The lowest BCUT2D eigenvalue weighted by Crippen LogP contribution is -2.43. The van der Waals surface area contributed by atoms with Gasteiger partial charge in [-0.05, 0) is 12.8 Å². The zero-order valence-electron chi connectivity index (χ0n) is 9.83. The normalized spacial score (nSPS) is 22.2. The number of ether oxygens (including phenoxy) is 1. The molecule has 1 aliphatic heterocycles. The lowest BCUT2D eigenvalue weighted by Gasteiger charge is -2.31. The standard InChI is InChI=1S/C9H13F2NO.C2H4O2/c10-9(11)3-5-12(6-4-9)8(13)7-1-2-7;1-4-2-3/h7H,1-6H2;2H,1H3. The van der Waals surface area contributed by atoms with Gasteiger partial charge in [0, 0.05) is 31.8 Å². The Balaban J connectivity index is 0.000000317. The summed E-state index contributed by atoms with van der Waals surface area (Å²) in [6.45, 7) is 0.852. The molecular weight excluding hydrogens is 232 g/mol. The number of carbonyl (C=O) groups excluding carboxylic acids is 2. The first-order chi connectivity index (χ1) is 8.00. The zero-order chi connectivity index (χ0) is 12.9.